The Balaban J connectivity index is 3.63. The van der Waals surface area contributed by atoms with Crippen LogP contribution in [0.3, 0.4) is 0 Å². The van der Waals surface area contributed by atoms with Gasteiger partial charge in [-0.05, 0) is 0 Å². The number of hydrogen-bond donors (Lipinski definition) is 3. The minimum Gasteiger partial charge on any atom is -0.394 e. The van der Waals surface area contributed by atoms with E-state index in [9.17, 15) is 4.79 Å². The van der Waals surface area contributed by atoms with Gasteiger partial charge >= 0.3 is 0 Å². The van der Waals surface area contributed by atoms with Crippen LogP contribution in [0.5, 0.6) is 0 Å². The molecule has 0 bridgehead atoms. The van der Waals surface area contributed by atoms with Crippen molar-refractivity contribution in [3.05, 3.63) is 0 Å². The molecule has 0 atom stereocenters. The van der Waals surface area contributed by atoms with Crippen LogP contribution in [0.1, 0.15) is 0 Å². The molecule has 80 valence electrons. The van der Waals surface area contributed by atoms with Crippen LogP contribution in [-0.4, -0.2) is 55.7 Å². The van der Waals surface area contributed by atoms with E-state index >= 15 is 0 Å². The molecular formula is C7H14N4O3. The number of aliphatic hydroxyl groups is 1. The van der Waals surface area contributed by atoms with Crippen molar-refractivity contribution in [2.24, 2.45) is 4.99 Å². The molecule has 0 aliphatic carbocycles. The molecule has 14 heavy (non-hydrogen) atoms. The van der Waals surface area contributed by atoms with E-state index in [2.05, 4.69) is 10.3 Å². The van der Waals surface area contributed by atoms with Crippen molar-refractivity contribution in [1.29, 1.82) is 5.41 Å². The lowest BCUT2D eigenvalue weighted by Gasteiger charge is -2.12. The van der Waals surface area contributed by atoms with Crippen LogP contribution in [0.4, 0.5) is 0 Å². The summed E-state index contributed by atoms with van der Waals surface area (Å²) in [6.45, 7) is 0.480. The number of amides is 1. The van der Waals surface area contributed by atoms with Crippen molar-refractivity contribution in [2.45, 2.75) is 0 Å². The van der Waals surface area contributed by atoms with Gasteiger partial charge in [0.2, 0.25) is 12.4 Å². The summed E-state index contributed by atoms with van der Waals surface area (Å²) in [7, 11) is 1.69. The Morgan fingerprint density at radius 2 is 2.50 bits per heavy atom. The first kappa shape index (κ1) is 12.5. The molecule has 0 aliphatic heterocycles. The molecule has 0 unspecified atom stereocenters. The SMILES string of the molecule is CN(C=NC(=N)NC=O)COCCO. The largest absolute Gasteiger partial charge is 0.394 e. The van der Waals surface area contributed by atoms with Crippen LogP contribution in [0, 0.1) is 5.41 Å². The van der Waals surface area contributed by atoms with Gasteiger partial charge in [0.25, 0.3) is 0 Å². The maximum Gasteiger partial charge on any atom is 0.223 e. The molecule has 3 N–H and O–H groups in total. The molecule has 0 heterocycles. The fourth-order valence-corrected chi connectivity index (χ4v) is 0.556. The van der Waals surface area contributed by atoms with E-state index in [1.807, 2.05) is 0 Å². The van der Waals surface area contributed by atoms with E-state index in [-0.39, 0.29) is 25.9 Å². The molecule has 0 aromatic rings. The average Bonchev–Trinajstić information content (AvgIpc) is 2.16. The van der Waals surface area contributed by atoms with Gasteiger partial charge < -0.3 is 14.7 Å². The van der Waals surface area contributed by atoms with Gasteiger partial charge in [-0.2, -0.15) is 0 Å². The van der Waals surface area contributed by atoms with Crippen molar-refractivity contribution in [1.82, 2.24) is 10.2 Å². The Kier molecular flexibility index (Phi) is 7.29. The van der Waals surface area contributed by atoms with Gasteiger partial charge in [0.1, 0.15) is 6.73 Å². The number of nitrogens with one attached hydrogen (secondary N) is 2. The lowest BCUT2D eigenvalue weighted by Crippen LogP contribution is -2.24. The van der Waals surface area contributed by atoms with E-state index in [4.69, 9.17) is 15.3 Å². The summed E-state index contributed by atoms with van der Waals surface area (Å²) in [5.41, 5.74) is 0. The number of nitrogens with zero attached hydrogens (tertiary/aromatic N) is 2. The highest BCUT2D eigenvalue weighted by molar-refractivity contribution is 5.91. The quantitative estimate of drug-likeness (QED) is 0.162. The van der Waals surface area contributed by atoms with Gasteiger partial charge in [-0.3, -0.25) is 15.5 Å². The molecule has 0 aliphatic rings. The molecular weight excluding hydrogens is 188 g/mol. The Morgan fingerprint density at radius 1 is 1.79 bits per heavy atom. The molecule has 0 aromatic heterocycles. The standard InChI is InChI=1S/C7H14N4O3/c1-11(6-14-3-2-12)4-9-7(8)10-5-13/h4-5,12H,2-3,6H2,1H3,(H2,8,10,13). The lowest BCUT2D eigenvalue weighted by atomic mass is 10.8. The lowest BCUT2D eigenvalue weighted by molar-refractivity contribution is -0.108. The van der Waals surface area contributed by atoms with Crippen LogP contribution in [0.25, 0.3) is 0 Å². The summed E-state index contributed by atoms with van der Waals surface area (Å²) < 4.78 is 4.96. The zero-order valence-electron chi connectivity index (χ0n) is 7.93. The highest BCUT2D eigenvalue weighted by atomic mass is 16.5. The summed E-state index contributed by atoms with van der Waals surface area (Å²) in [5.74, 6) is -0.242. The van der Waals surface area contributed by atoms with Crippen molar-refractivity contribution >= 4 is 18.7 Å². The van der Waals surface area contributed by atoms with E-state index in [1.54, 1.807) is 11.9 Å². The number of carbonyl (C=O) groups excluding carboxylic acids is 1. The fourth-order valence-electron chi connectivity index (χ4n) is 0.556. The van der Waals surface area contributed by atoms with Crippen molar-refractivity contribution < 1.29 is 14.6 Å². The molecule has 0 saturated heterocycles. The van der Waals surface area contributed by atoms with Gasteiger partial charge in [-0.15, -0.1) is 0 Å². The molecule has 0 rings (SSSR count). The predicted molar refractivity (Wildman–Crippen MR) is 51.1 cm³/mol. The number of aliphatic hydroxyl groups excluding tert-OH is 1. The Bertz CT molecular complexity index is 207. The maximum absolute atomic E-state index is 9.88. The van der Waals surface area contributed by atoms with Crippen molar-refractivity contribution in [3.8, 4) is 0 Å². The zero-order valence-corrected chi connectivity index (χ0v) is 7.93. The van der Waals surface area contributed by atoms with Crippen LogP contribution in [0.15, 0.2) is 4.99 Å². The van der Waals surface area contributed by atoms with Crippen LogP contribution < -0.4 is 5.32 Å². The molecule has 7 nitrogen and oxygen atoms in total. The Labute approximate surface area is 81.9 Å². The highest BCUT2D eigenvalue weighted by Gasteiger charge is 1.92. The third-order valence-electron chi connectivity index (χ3n) is 1.11. The summed E-state index contributed by atoms with van der Waals surface area (Å²) in [5, 5.41) is 17.5. The van der Waals surface area contributed by atoms with Crippen LogP contribution >= 0.6 is 0 Å². The minimum atomic E-state index is -0.242. The molecule has 0 saturated carbocycles. The summed E-state index contributed by atoms with van der Waals surface area (Å²) in [6.07, 6.45) is 1.72. The van der Waals surface area contributed by atoms with Gasteiger partial charge in [0, 0.05) is 7.05 Å². The third kappa shape index (κ3) is 7.19. The second-order valence-corrected chi connectivity index (χ2v) is 2.37. The number of hydrogen-bond acceptors (Lipinski definition) is 4. The maximum atomic E-state index is 9.88. The first-order chi connectivity index (χ1) is 6.70. The molecule has 1 amide bonds. The van der Waals surface area contributed by atoms with Gasteiger partial charge in [-0.1, -0.05) is 0 Å². The first-order valence-electron chi connectivity index (χ1n) is 3.92. The van der Waals surface area contributed by atoms with Gasteiger partial charge in [-0.25, -0.2) is 4.99 Å². The Hall–Kier alpha value is -1.47. The number of aliphatic imine (C=N–C) groups is 1. The van der Waals surface area contributed by atoms with E-state index in [1.165, 1.54) is 6.34 Å². The van der Waals surface area contributed by atoms with E-state index in [0.29, 0.717) is 6.41 Å². The highest BCUT2D eigenvalue weighted by Crippen LogP contribution is 1.80. The smallest absolute Gasteiger partial charge is 0.223 e. The normalized spacial score (nSPS) is 10.1. The van der Waals surface area contributed by atoms with Gasteiger partial charge in [0.15, 0.2) is 0 Å². The Morgan fingerprint density at radius 3 is 3.07 bits per heavy atom. The third-order valence-corrected chi connectivity index (χ3v) is 1.11. The summed E-state index contributed by atoms with van der Waals surface area (Å²) in [4.78, 5) is 15.0. The molecule has 0 aromatic carbocycles. The number of carbonyl (C=O) groups is 1. The molecule has 0 fully saturated rings. The predicted octanol–water partition coefficient (Wildman–Crippen LogP) is -1.41. The van der Waals surface area contributed by atoms with Crippen molar-refractivity contribution in [2.75, 3.05) is 27.0 Å². The average molecular weight is 202 g/mol. The summed E-state index contributed by atoms with van der Waals surface area (Å²) >= 11 is 0. The second-order valence-electron chi connectivity index (χ2n) is 2.37. The fraction of sp³-hybridized carbons (Fsp3) is 0.571. The van der Waals surface area contributed by atoms with Crippen LogP contribution in [0.2, 0.25) is 0 Å². The van der Waals surface area contributed by atoms with E-state index in [0.717, 1.165) is 0 Å². The number of guanidine groups is 1. The van der Waals surface area contributed by atoms with Gasteiger partial charge in [0.05, 0.1) is 19.6 Å². The topological polar surface area (TPSA) is 98.0 Å². The number of rotatable bonds is 6. The zero-order chi connectivity index (χ0) is 10.8. The van der Waals surface area contributed by atoms with Crippen LogP contribution in [-0.2, 0) is 9.53 Å². The molecule has 7 heteroatoms. The summed E-state index contributed by atoms with van der Waals surface area (Å²) in [6, 6.07) is 0. The monoisotopic (exact) mass is 202 g/mol. The number of ether oxygens (including phenoxy) is 1. The second kappa shape index (κ2) is 8.14. The minimum absolute atomic E-state index is 0.0342. The molecule has 0 spiro atoms. The van der Waals surface area contributed by atoms with Crippen molar-refractivity contribution in [3.63, 3.8) is 0 Å². The van der Waals surface area contributed by atoms with E-state index < -0.39 is 0 Å². The first-order valence-corrected chi connectivity index (χ1v) is 3.92. The molecule has 0 radical (unpaired) electrons.